The molecular formula is C9H9F2NO3. The molecule has 1 aromatic rings. The highest BCUT2D eigenvalue weighted by molar-refractivity contribution is 5.91. The van der Waals surface area contributed by atoms with Crippen LogP contribution in [0.1, 0.15) is 17.3 Å². The van der Waals surface area contributed by atoms with E-state index < -0.39 is 34.6 Å². The van der Waals surface area contributed by atoms with Gasteiger partial charge in [-0.15, -0.1) is 0 Å². The highest BCUT2D eigenvalue weighted by atomic mass is 19.1. The highest BCUT2D eigenvalue weighted by Gasteiger charge is 2.21. The number of carbonyl (C=O) groups is 1. The van der Waals surface area contributed by atoms with Crippen LogP contribution in [0.3, 0.4) is 0 Å². The summed E-state index contributed by atoms with van der Waals surface area (Å²) in [6.45, 7) is 1.57. The van der Waals surface area contributed by atoms with Crippen LogP contribution in [0.15, 0.2) is 6.07 Å². The molecule has 0 aliphatic heterocycles. The smallest absolute Gasteiger partial charge is 0.341 e. The standard InChI is InChI=1S/C9H9F2NO3/c1-2-15-9(14)4-3-5(12)7(11)8(13)6(4)10/h3,13H,2,12H2,1H3. The van der Waals surface area contributed by atoms with Crippen molar-refractivity contribution in [3.8, 4) is 5.75 Å². The van der Waals surface area contributed by atoms with Gasteiger partial charge in [-0.1, -0.05) is 0 Å². The Balaban J connectivity index is 3.26. The number of hydrogen-bond acceptors (Lipinski definition) is 4. The van der Waals surface area contributed by atoms with Crippen LogP contribution in [0.2, 0.25) is 0 Å². The zero-order valence-electron chi connectivity index (χ0n) is 7.88. The number of esters is 1. The Kier molecular flexibility index (Phi) is 3.08. The summed E-state index contributed by atoms with van der Waals surface area (Å²) in [4.78, 5) is 11.1. The highest BCUT2D eigenvalue weighted by Crippen LogP contribution is 2.28. The molecule has 0 fully saturated rings. The molecule has 1 rings (SSSR count). The minimum absolute atomic E-state index is 0.0380. The fraction of sp³-hybridized carbons (Fsp3) is 0.222. The van der Waals surface area contributed by atoms with Gasteiger partial charge in [0.15, 0.2) is 17.4 Å². The number of carbonyl (C=O) groups excluding carboxylic acids is 1. The molecule has 0 spiro atoms. The predicted molar refractivity (Wildman–Crippen MR) is 48.4 cm³/mol. The second-order valence-corrected chi connectivity index (χ2v) is 2.71. The molecule has 6 heteroatoms. The van der Waals surface area contributed by atoms with Crippen molar-refractivity contribution in [2.24, 2.45) is 0 Å². The third-order valence-electron chi connectivity index (χ3n) is 1.70. The molecule has 0 saturated carbocycles. The first kappa shape index (κ1) is 11.2. The summed E-state index contributed by atoms with van der Waals surface area (Å²) in [5.74, 6) is -4.95. The molecule has 0 bridgehead atoms. The van der Waals surface area contributed by atoms with Crippen LogP contribution in [-0.4, -0.2) is 17.7 Å². The van der Waals surface area contributed by atoms with Gasteiger partial charge in [0.1, 0.15) is 5.56 Å². The topological polar surface area (TPSA) is 72.5 Å². The molecule has 0 unspecified atom stereocenters. The Hall–Kier alpha value is -1.85. The van der Waals surface area contributed by atoms with Crippen LogP contribution < -0.4 is 5.73 Å². The number of rotatable bonds is 2. The van der Waals surface area contributed by atoms with Crippen LogP contribution in [0.5, 0.6) is 5.75 Å². The summed E-state index contributed by atoms with van der Waals surface area (Å²) in [5.41, 5.74) is 4.01. The van der Waals surface area contributed by atoms with Gasteiger partial charge < -0.3 is 15.6 Å². The number of hydrogen-bond donors (Lipinski definition) is 2. The monoisotopic (exact) mass is 217 g/mol. The summed E-state index contributed by atoms with van der Waals surface area (Å²) in [6.07, 6.45) is 0. The molecule has 3 N–H and O–H groups in total. The zero-order chi connectivity index (χ0) is 11.6. The van der Waals surface area contributed by atoms with Crippen LogP contribution in [-0.2, 0) is 4.74 Å². The van der Waals surface area contributed by atoms with Gasteiger partial charge in [0.2, 0.25) is 0 Å². The number of nitrogens with two attached hydrogens (primary N) is 1. The summed E-state index contributed by atoms with van der Waals surface area (Å²) in [5, 5.41) is 8.95. The Morgan fingerprint density at radius 3 is 2.67 bits per heavy atom. The number of benzene rings is 1. The van der Waals surface area contributed by atoms with Crippen LogP contribution >= 0.6 is 0 Å². The van der Waals surface area contributed by atoms with Crippen LogP contribution in [0.4, 0.5) is 14.5 Å². The third kappa shape index (κ3) is 1.98. The van der Waals surface area contributed by atoms with Gasteiger partial charge in [-0.25, -0.2) is 13.6 Å². The van der Waals surface area contributed by atoms with Crippen molar-refractivity contribution in [2.75, 3.05) is 12.3 Å². The quantitative estimate of drug-likeness (QED) is 0.580. The maximum absolute atomic E-state index is 13.2. The number of anilines is 1. The van der Waals surface area contributed by atoms with Crippen molar-refractivity contribution in [2.45, 2.75) is 6.92 Å². The molecular weight excluding hydrogens is 208 g/mol. The van der Waals surface area contributed by atoms with E-state index in [1.807, 2.05) is 0 Å². The van der Waals surface area contributed by atoms with Crippen molar-refractivity contribution < 1.29 is 23.4 Å². The van der Waals surface area contributed by atoms with Crippen molar-refractivity contribution in [1.82, 2.24) is 0 Å². The van der Waals surface area contributed by atoms with E-state index in [2.05, 4.69) is 4.74 Å². The van der Waals surface area contributed by atoms with E-state index in [9.17, 15) is 13.6 Å². The van der Waals surface area contributed by atoms with Crippen molar-refractivity contribution >= 4 is 11.7 Å². The first-order valence-electron chi connectivity index (χ1n) is 4.12. The third-order valence-corrected chi connectivity index (χ3v) is 1.70. The Labute approximate surface area is 84.3 Å². The van der Waals surface area contributed by atoms with Gasteiger partial charge in [0.25, 0.3) is 0 Å². The van der Waals surface area contributed by atoms with Gasteiger partial charge in [-0.2, -0.15) is 0 Å². The fourth-order valence-electron chi connectivity index (χ4n) is 1.00. The van der Waals surface area contributed by atoms with E-state index in [4.69, 9.17) is 10.8 Å². The molecule has 0 aromatic heterocycles. The first-order valence-corrected chi connectivity index (χ1v) is 4.12. The summed E-state index contributed by atoms with van der Waals surface area (Å²) < 4.78 is 30.5. The summed E-state index contributed by atoms with van der Waals surface area (Å²) in [6, 6.07) is 0.780. The van der Waals surface area contributed by atoms with E-state index in [0.29, 0.717) is 0 Å². The van der Waals surface area contributed by atoms with E-state index in [1.54, 1.807) is 0 Å². The first-order chi connectivity index (χ1) is 6.99. The number of phenolic OH excluding ortho intramolecular Hbond substituents is 1. The number of nitrogen functional groups attached to an aromatic ring is 1. The van der Waals surface area contributed by atoms with E-state index in [0.717, 1.165) is 6.07 Å². The second-order valence-electron chi connectivity index (χ2n) is 2.71. The minimum Gasteiger partial charge on any atom is -0.503 e. The summed E-state index contributed by atoms with van der Waals surface area (Å²) >= 11 is 0. The molecule has 0 radical (unpaired) electrons. The van der Waals surface area contributed by atoms with E-state index in [1.165, 1.54) is 6.92 Å². The average Bonchev–Trinajstić information content (AvgIpc) is 2.20. The van der Waals surface area contributed by atoms with Gasteiger partial charge in [0, 0.05) is 0 Å². The fourth-order valence-corrected chi connectivity index (χ4v) is 1.00. The Bertz CT molecular complexity index is 407. The molecule has 4 nitrogen and oxygen atoms in total. The maximum atomic E-state index is 13.2. The molecule has 0 saturated heterocycles. The molecule has 0 amide bonds. The molecule has 0 aliphatic carbocycles. The molecule has 0 heterocycles. The van der Waals surface area contributed by atoms with Gasteiger partial charge in [-0.05, 0) is 13.0 Å². The SMILES string of the molecule is CCOC(=O)c1cc(N)c(F)c(O)c1F. The Morgan fingerprint density at radius 1 is 1.53 bits per heavy atom. The minimum atomic E-state index is -1.37. The van der Waals surface area contributed by atoms with Crippen molar-refractivity contribution in [3.63, 3.8) is 0 Å². The largest absolute Gasteiger partial charge is 0.503 e. The van der Waals surface area contributed by atoms with E-state index >= 15 is 0 Å². The average molecular weight is 217 g/mol. The van der Waals surface area contributed by atoms with Gasteiger partial charge in [0.05, 0.1) is 12.3 Å². The van der Waals surface area contributed by atoms with Crippen LogP contribution in [0.25, 0.3) is 0 Å². The van der Waals surface area contributed by atoms with E-state index in [-0.39, 0.29) is 6.61 Å². The lowest BCUT2D eigenvalue weighted by molar-refractivity contribution is 0.0520. The molecule has 15 heavy (non-hydrogen) atoms. The number of ether oxygens (including phenoxy) is 1. The summed E-state index contributed by atoms with van der Waals surface area (Å²) in [7, 11) is 0. The van der Waals surface area contributed by atoms with Gasteiger partial charge in [-0.3, -0.25) is 0 Å². The molecule has 1 aromatic carbocycles. The molecule has 82 valence electrons. The Morgan fingerprint density at radius 2 is 2.13 bits per heavy atom. The predicted octanol–water partition coefficient (Wildman–Crippen LogP) is 1.43. The lowest BCUT2D eigenvalue weighted by atomic mass is 10.1. The van der Waals surface area contributed by atoms with Crippen molar-refractivity contribution in [3.05, 3.63) is 23.3 Å². The normalized spacial score (nSPS) is 10.1. The molecule has 0 atom stereocenters. The number of halogens is 2. The van der Waals surface area contributed by atoms with Gasteiger partial charge >= 0.3 is 5.97 Å². The number of aromatic hydroxyl groups is 1. The lowest BCUT2D eigenvalue weighted by Crippen LogP contribution is -2.09. The second kappa shape index (κ2) is 4.12. The number of phenols is 1. The lowest BCUT2D eigenvalue weighted by Gasteiger charge is -2.07. The van der Waals surface area contributed by atoms with Crippen LogP contribution in [0, 0.1) is 11.6 Å². The van der Waals surface area contributed by atoms with Crippen molar-refractivity contribution in [1.29, 1.82) is 0 Å². The molecule has 0 aliphatic rings. The maximum Gasteiger partial charge on any atom is 0.341 e. The zero-order valence-corrected chi connectivity index (χ0v) is 7.88.